The largest absolute Gasteiger partial charge is 0.436 e. The monoisotopic (exact) mass is 415 g/mol. The van der Waals surface area contributed by atoms with E-state index in [0.29, 0.717) is 49.0 Å². The Kier molecular flexibility index (Phi) is 5.28. The molecule has 5 rings (SSSR count). The predicted octanol–water partition coefficient (Wildman–Crippen LogP) is 4.09. The fourth-order valence-electron chi connectivity index (χ4n) is 4.20. The Morgan fingerprint density at radius 1 is 0.871 bits per heavy atom. The Bertz CT molecular complexity index is 1080. The molecule has 6 heteroatoms. The van der Waals surface area contributed by atoms with Crippen LogP contribution in [0.15, 0.2) is 65.2 Å². The molecule has 1 saturated carbocycles. The van der Waals surface area contributed by atoms with Crippen molar-refractivity contribution >= 4 is 11.8 Å². The third-order valence-electron chi connectivity index (χ3n) is 6.28. The Hall–Kier alpha value is -3.41. The van der Waals surface area contributed by atoms with E-state index in [2.05, 4.69) is 4.98 Å². The first-order valence-electron chi connectivity index (χ1n) is 10.9. The minimum absolute atomic E-state index is 0.0502. The molecule has 0 atom stereocenters. The summed E-state index contributed by atoms with van der Waals surface area (Å²) in [6, 6.07) is 17.2. The first-order chi connectivity index (χ1) is 15.2. The maximum absolute atomic E-state index is 13.3. The minimum Gasteiger partial charge on any atom is -0.436 e. The van der Waals surface area contributed by atoms with Crippen molar-refractivity contribution in [1.82, 2.24) is 14.8 Å². The molecule has 158 valence electrons. The number of benzene rings is 2. The minimum atomic E-state index is -0.0502. The summed E-state index contributed by atoms with van der Waals surface area (Å²) in [7, 11) is 0. The van der Waals surface area contributed by atoms with E-state index < -0.39 is 0 Å². The molecule has 0 unspecified atom stereocenters. The zero-order chi connectivity index (χ0) is 21.2. The number of carbonyl (C=O) groups excluding carboxylic acids is 2. The summed E-state index contributed by atoms with van der Waals surface area (Å²) in [5.41, 5.74) is 2.20. The normalized spacial score (nSPS) is 16.8. The van der Waals surface area contributed by atoms with Gasteiger partial charge in [0.25, 0.3) is 5.91 Å². The number of hydrogen-bond acceptors (Lipinski definition) is 4. The highest BCUT2D eigenvalue weighted by Gasteiger charge is 2.32. The zero-order valence-corrected chi connectivity index (χ0v) is 17.4. The van der Waals surface area contributed by atoms with Crippen molar-refractivity contribution in [1.29, 1.82) is 0 Å². The SMILES string of the molecule is O=C(c1ccccc1-c1ncc(-c2ccccc2)o1)N1CCN(C(=O)C2CCC2)CC1. The zero-order valence-electron chi connectivity index (χ0n) is 17.4. The lowest BCUT2D eigenvalue weighted by molar-refractivity contribution is -0.139. The van der Waals surface area contributed by atoms with E-state index in [9.17, 15) is 9.59 Å². The van der Waals surface area contributed by atoms with Crippen LogP contribution in [0.1, 0.15) is 29.6 Å². The molecule has 6 nitrogen and oxygen atoms in total. The van der Waals surface area contributed by atoms with Crippen molar-refractivity contribution in [2.45, 2.75) is 19.3 Å². The van der Waals surface area contributed by atoms with Gasteiger partial charge >= 0.3 is 0 Å². The van der Waals surface area contributed by atoms with Crippen molar-refractivity contribution < 1.29 is 14.0 Å². The lowest BCUT2D eigenvalue weighted by Gasteiger charge is -2.38. The van der Waals surface area contributed by atoms with Gasteiger partial charge < -0.3 is 14.2 Å². The summed E-state index contributed by atoms with van der Waals surface area (Å²) in [5.74, 6) is 1.51. The fourth-order valence-corrected chi connectivity index (χ4v) is 4.20. The van der Waals surface area contributed by atoms with Crippen LogP contribution >= 0.6 is 0 Å². The highest BCUT2D eigenvalue weighted by molar-refractivity contribution is 6.00. The van der Waals surface area contributed by atoms with Crippen molar-refractivity contribution in [3.63, 3.8) is 0 Å². The van der Waals surface area contributed by atoms with Crippen LogP contribution in [-0.2, 0) is 4.79 Å². The smallest absolute Gasteiger partial charge is 0.254 e. The molecule has 1 aliphatic heterocycles. The first-order valence-corrected chi connectivity index (χ1v) is 10.9. The number of amides is 2. The van der Waals surface area contributed by atoms with E-state index in [1.807, 2.05) is 64.4 Å². The Labute approximate surface area is 181 Å². The molecule has 2 heterocycles. The average Bonchev–Trinajstić information content (AvgIpc) is 3.28. The van der Waals surface area contributed by atoms with Gasteiger partial charge in [-0.1, -0.05) is 48.9 Å². The molecule has 0 spiro atoms. The van der Waals surface area contributed by atoms with Crippen molar-refractivity contribution in [2.24, 2.45) is 5.92 Å². The van der Waals surface area contributed by atoms with Crippen molar-refractivity contribution in [2.75, 3.05) is 26.2 Å². The molecule has 31 heavy (non-hydrogen) atoms. The van der Waals surface area contributed by atoms with E-state index >= 15 is 0 Å². The summed E-state index contributed by atoms with van der Waals surface area (Å²) in [4.78, 5) is 34.0. The van der Waals surface area contributed by atoms with Crippen LogP contribution in [0.4, 0.5) is 0 Å². The number of piperazine rings is 1. The molecule has 0 bridgehead atoms. The maximum atomic E-state index is 13.3. The average molecular weight is 415 g/mol. The molecule has 1 aromatic heterocycles. The van der Waals surface area contributed by atoms with E-state index in [-0.39, 0.29) is 17.7 Å². The summed E-state index contributed by atoms with van der Waals surface area (Å²) in [6.07, 6.45) is 4.86. The van der Waals surface area contributed by atoms with Crippen LogP contribution in [0.3, 0.4) is 0 Å². The summed E-state index contributed by atoms with van der Waals surface area (Å²) < 4.78 is 5.99. The second kappa shape index (κ2) is 8.38. The molecule has 1 aliphatic carbocycles. The molecule has 2 amide bonds. The van der Waals surface area contributed by atoms with Crippen molar-refractivity contribution in [3.8, 4) is 22.8 Å². The Balaban J connectivity index is 1.32. The van der Waals surface area contributed by atoms with Gasteiger partial charge in [-0.15, -0.1) is 0 Å². The van der Waals surface area contributed by atoms with Gasteiger partial charge in [0.05, 0.1) is 11.8 Å². The number of nitrogens with zero attached hydrogens (tertiary/aromatic N) is 3. The van der Waals surface area contributed by atoms with E-state index in [1.54, 1.807) is 6.20 Å². The predicted molar refractivity (Wildman–Crippen MR) is 117 cm³/mol. The highest BCUT2D eigenvalue weighted by Crippen LogP contribution is 2.30. The lowest BCUT2D eigenvalue weighted by Crippen LogP contribution is -2.52. The van der Waals surface area contributed by atoms with E-state index in [0.717, 1.165) is 24.8 Å². The molecule has 1 saturated heterocycles. The molecule has 2 aliphatic rings. The third kappa shape index (κ3) is 3.85. The van der Waals surface area contributed by atoms with Gasteiger partial charge in [-0.25, -0.2) is 4.98 Å². The van der Waals surface area contributed by atoms with Crippen LogP contribution in [0.5, 0.6) is 0 Å². The Morgan fingerprint density at radius 3 is 2.26 bits per heavy atom. The van der Waals surface area contributed by atoms with Gasteiger partial charge in [0, 0.05) is 43.2 Å². The van der Waals surface area contributed by atoms with E-state index in [1.165, 1.54) is 0 Å². The quantitative estimate of drug-likeness (QED) is 0.644. The van der Waals surface area contributed by atoms with Crippen LogP contribution in [0.2, 0.25) is 0 Å². The van der Waals surface area contributed by atoms with Gasteiger partial charge in [-0.2, -0.15) is 0 Å². The van der Waals surface area contributed by atoms with Gasteiger partial charge in [0.15, 0.2) is 5.76 Å². The molecule has 0 radical (unpaired) electrons. The van der Waals surface area contributed by atoms with Crippen molar-refractivity contribution in [3.05, 3.63) is 66.4 Å². The number of oxazole rings is 1. The van der Waals surface area contributed by atoms with Gasteiger partial charge in [0.2, 0.25) is 11.8 Å². The topological polar surface area (TPSA) is 66.7 Å². The maximum Gasteiger partial charge on any atom is 0.254 e. The second-order valence-electron chi connectivity index (χ2n) is 8.19. The van der Waals surface area contributed by atoms with Gasteiger partial charge in [0.1, 0.15) is 0 Å². The molecule has 2 aromatic carbocycles. The summed E-state index contributed by atoms with van der Waals surface area (Å²) in [6.45, 7) is 2.29. The number of carbonyl (C=O) groups is 2. The van der Waals surface area contributed by atoms with Crippen LogP contribution in [0, 0.1) is 5.92 Å². The lowest BCUT2D eigenvalue weighted by atomic mass is 9.84. The molecule has 2 fully saturated rings. The van der Waals surface area contributed by atoms with Crippen LogP contribution < -0.4 is 0 Å². The fraction of sp³-hybridized carbons (Fsp3) is 0.320. The first kappa shape index (κ1) is 19.5. The van der Waals surface area contributed by atoms with Crippen LogP contribution in [-0.4, -0.2) is 52.8 Å². The molecule has 0 N–H and O–H groups in total. The van der Waals surface area contributed by atoms with Crippen LogP contribution in [0.25, 0.3) is 22.8 Å². The number of rotatable bonds is 4. The highest BCUT2D eigenvalue weighted by atomic mass is 16.4. The molecular formula is C25H25N3O3. The Morgan fingerprint density at radius 2 is 1.55 bits per heavy atom. The van der Waals surface area contributed by atoms with Gasteiger partial charge in [-0.3, -0.25) is 9.59 Å². The third-order valence-corrected chi connectivity index (χ3v) is 6.28. The standard InChI is InChI=1S/C25H25N3O3/c29-24(19-9-6-10-19)27-13-15-28(16-14-27)25(30)21-12-5-4-11-20(21)23-26-17-22(31-23)18-7-2-1-3-8-18/h1-5,7-8,11-12,17,19H,6,9-10,13-16H2. The molecular weight excluding hydrogens is 390 g/mol. The number of hydrogen-bond donors (Lipinski definition) is 0. The summed E-state index contributed by atoms with van der Waals surface area (Å²) in [5, 5.41) is 0. The van der Waals surface area contributed by atoms with E-state index in [4.69, 9.17) is 4.42 Å². The molecule has 3 aromatic rings. The number of aromatic nitrogens is 1. The summed E-state index contributed by atoms with van der Waals surface area (Å²) >= 11 is 0. The second-order valence-corrected chi connectivity index (χ2v) is 8.19. The van der Waals surface area contributed by atoms with Gasteiger partial charge in [-0.05, 0) is 25.0 Å².